The smallest absolute Gasteiger partial charge is 0.194 e. The van der Waals surface area contributed by atoms with Crippen LogP contribution in [0.3, 0.4) is 0 Å². The number of hydrogen-bond donors (Lipinski definition) is 1. The second kappa shape index (κ2) is 5.23. The van der Waals surface area contributed by atoms with E-state index in [1.165, 1.54) is 11.4 Å². The molecule has 2 rings (SSSR count). The highest BCUT2D eigenvalue weighted by Crippen LogP contribution is 2.22. The zero-order valence-corrected chi connectivity index (χ0v) is 13.3. The molecular formula is C13H21N3S2. The van der Waals surface area contributed by atoms with Crippen molar-refractivity contribution in [2.45, 2.75) is 39.0 Å². The Morgan fingerprint density at radius 2 is 2.17 bits per heavy atom. The van der Waals surface area contributed by atoms with E-state index in [4.69, 9.17) is 0 Å². The molecule has 0 aliphatic carbocycles. The average molecular weight is 283 g/mol. The lowest BCUT2D eigenvalue weighted by molar-refractivity contribution is 0.582. The van der Waals surface area contributed by atoms with E-state index < -0.39 is 0 Å². The van der Waals surface area contributed by atoms with Gasteiger partial charge in [0, 0.05) is 28.9 Å². The first-order chi connectivity index (χ1) is 8.44. The SMILES string of the molecule is CSC(C)(C)CNCc1c(C)nc2scc(C)n12. The van der Waals surface area contributed by atoms with Gasteiger partial charge in [-0.25, -0.2) is 4.98 Å². The summed E-state index contributed by atoms with van der Waals surface area (Å²) < 4.78 is 2.54. The van der Waals surface area contributed by atoms with Crippen LogP contribution in [-0.4, -0.2) is 26.9 Å². The number of thiazole rings is 1. The van der Waals surface area contributed by atoms with Crippen LogP contribution in [-0.2, 0) is 6.54 Å². The molecule has 0 spiro atoms. The fourth-order valence-corrected chi connectivity index (χ4v) is 3.11. The number of imidazole rings is 1. The molecule has 1 N–H and O–H groups in total. The maximum Gasteiger partial charge on any atom is 0.194 e. The minimum absolute atomic E-state index is 0.279. The van der Waals surface area contributed by atoms with Crippen molar-refractivity contribution in [3.63, 3.8) is 0 Å². The van der Waals surface area contributed by atoms with Crippen LogP contribution in [0.2, 0.25) is 0 Å². The third-order valence-corrected chi connectivity index (χ3v) is 5.42. The maximum absolute atomic E-state index is 4.61. The molecule has 0 fully saturated rings. The summed E-state index contributed by atoms with van der Waals surface area (Å²) in [5.74, 6) is 0. The Morgan fingerprint density at radius 1 is 1.44 bits per heavy atom. The van der Waals surface area contributed by atoms with Crippen LogP contribution in [0.5, 0.6) is 0 Å². The first-order valence-corrected chi connectivity index (χ1v) is 8.23. The van der Waals surface area contributed by atoms with Gasteiger partial charge >= 0.3 is 0 Å². The van der Waals surface area contributed by atoms with Gasteiger partial charge in [0.25, 0.3) is 0 Å². The minimum Gasteiger partial charge on any atom is -0.310 e. The van der Waals surface area contributed by atoms with Gasteiger partial charge in [0.2, 0.25) is 0 Å². The van der Waals surface area contributed by atoms with Crippen LogP contribution >= 0.6 is 23.1 Å². The van der Waals surface area contributed by atoms with Crippen LogP contribution < -0.4 is 5.32 Å². The van der Waals surface area contributed by atoms with Crippen molar-refractivity contribution in [3.05, 3.63) is 22.5 Å². The summed E-state index contributed by atoms with van der Waals surface area (Å²) in [6, 6.07) is 0. The second-order valence-electron chi connectivity index (χ2n) is 5.21. The van der Waals surface area contributed by atoms with Gasteiger partial charge in [-0.05, 0) is 34.0 Å². The van der Waals surface area contributed by atoms with Crippen LogP contribution in [0, 0.1) is 13.8 Å². The molecule has 0 amide bonds. The molecule has 0 bridgehead atoms. The summed E-state index contributed by atoms with van der Waals surface area (Å²) >= 11 is 3.61. The normalized spacial score (nSPS) is 12.5. The summed E-state index contributed by atoms with van der Waals surface area (Å²) in [5.41, 5.74) is 3.71. The third-order valence-electron chi connectivity index (χ3n) is 3.23. The van der Waals surface area contributed by atoms with Gasteiger partial charge in [0.1, 0.15) is 0 Å². The lowest BCUT2D eigenvalue weighted by Crippen LogP contribution is -2.32. The maximum atomic E-state index is 4.61. The molecule has 3 nitrogen and oxygen atoms in total. The first kappa shape index (κ1) is 13.9. The van der Waals surface area contributed by atoms with E-state index in [1.807, 2.05) is 11.8 Å². The number of fused-ring (bicyclic) bond motifs is 1. The lowest BCUT2D eigenvalue weighted by Gasteiger charge is -2.22. The van der Waals surface area contributed by atoms with Gasteiger partial charge in [-0.3, -0.25) is 4.40 Å². The third kappa shape index (κ3) is 2.73. The molecule has 2 aromatic heterocycles. The van der Waals surface area contributed by atoms with Gasteiger partial charge < -0.3 is 5.32 Å². The van der Waals surface area contributed by atoms with Crippen molar-refractivity contribution in [1.82, 2.24) is 14.7 Å². The highest BCUT2D eigenvalue weighted by atomic mass is 32.2. The monoisotopic (exact) mass is 283 g/mol. The van der Waals surface area contributed by atoms with E-state index in [-0.39, 0.29) is 4.75 Å². The number of aryl methyl sites for hydroxylation is 2. The molecule has 0 aliphatic heterocycles. The van der Waals surface area contributed by atoms with E-state index >= 15 is 0 Å². The molecule has 0 atom stereocenters. The molecule has 0 saturated heterocycles. The van der Waals surface area contributed by atoms with Crippen LogP contribution in [0.25, 0.3) is 4.96 Å². The van der Waals surface area contributed by atoms with E-state index in [9.17, 15) is 0 Å². The molecule has 0 radical (unpaired) electrons. The molecule has 0 saturated carbocycles. The van der Waals surface area contributed by atoms with Gasteiger partial charge in [0.05, 0.1) is 11.4 Å². The quantitative estimate of drug-likeness (QED) is 0.913. The van der Waals surface area contributed by atoms with Crippen molar-refractivity contribution in [1.29, 1.82) is 0 Å². The zero-order valence-electron chi connectivity index (χ0n) is 11.7. The topological polar surface area (TPSA) is 29.3 Å². The van der Waals surface area contributed by atoms with Crippen molar-refractivity contribution in [2.75, 3.05) is 12.8 Å². The standard InChI is InChI=1S/C13H21N3S2/c1-9-7-18-12-15-10(2)11(16(9)12)6-14-8-13(3,4)17-5/h7,14H,6,8H2,1-5H3. The highest BCUT2D eigenvalue weighted by molar-refractivity contribution is 7.99. The largest absolute Gasteiger partial charge is 0.310 e. The van der Waals surface area contributed by atoms with Crippen LogP contribution in [0.4, 0.5) is 0 Å². The Morgan fingerprint density at radius 3 is 2.83 bits per heavy atom. The summed E-state index contributed by atoms with van der Waals surface area (Å²) in [6.45, 7) is 10.6. The van der Waals surface area contributed by atoms with Gasteiger partial charge in [-0.2, -0.15) is 11.8 Å². The van der Waals surface area contributed by atoms with Crippen molar-refractivity contribution >= 4 is 28.1 Å². The fourth-order valence-electron chi connectivity index (χ4n) is 1.93. The lowest BCUT2D eigenvalue weighted by atomic mass is 10.2. The molecule has 0 aromatic carbocycles. The van der Waals surface area contributed by atoms with Crippen molar-refractivity contribution < 1.29 is 0 Å². The number of thioether (sulfide) groups is 1. The second-order valence-corrected chi connectivity index (χ2v) is 7.56. The Labute approximate surface area is 117 Å². The van der Waals surface area contributed by atoms with E-state index in [0.29, 0.717) is 0 Å². The average Bonchev–Trinajstić information content (AvgIpc) is 2.81. The number of aromatic nitrogens is 2. The van der Waals surface area contributed by atoms with Crippen molar-refractivity contribution in [3.8, 4) is 0 Å². The molecule has 0 aliphatic rings. The summed E-state index contributed by atoms with van der Waals surface area (Å²) in [6.07, 6.45) is 2.16. The highest BCUT2D eigenvalue weighted by Gasteiger charge is 2.16. The predicted octanol–water partition coefficient (Wildman–Crippen LogP) is 3.24. The molecule has 100 valence electrons. The Hall–Kier alpha value is -0.520. The van der Waals surface area contributed by atoms with Gasteiger partial charge in [0.15, 0.2) is 4.96 Å². The first-order valence-electron chi connectivity index (χ1n) is 6.12. The molecule has 0 unspecified atom stereocenters. The van der Waals surface area contributed by atoms with E-state index in [0.717, 1.165) is 23.7 Å². The molecule has 2 aromatic rings. The zero-order chi connectivity index (χ0) is 13.3. The molecule has 2 heterocycles. The summed E-state index contributed by atoms with van der Waals surface area (Å²) in [7, 11) is 0. The van der Waals surface area contributed by atoms with E-state index in [2.05, 4.69) is 54.0 Å². The van der Waals surface area contributed by atoms with Gasteiger partial charge in [-0.15, -0.1) is 11.3 Å². The van der Waals surface area contributed by atoms with Crippen LogP contribution in [0.15, 0.2) is 5.38 Å². The van der Waals surface area contributed by atoms with E-state index in [1.54, 1.807) is 11.3 Å². The molecular weight excluding hydrogens is 262 g/mol. The Kier molecular flexibility index (Phi) is 4.04. The Bertz CT molecular complexity index is 540. The van der Waals surface area contributed by atoms with Crippen LogP contribution in [0.1, 0.15) is 30.9 Å². The number of nitrogens with one attached hydrogen (secondary N) is 1. The molecule has 18 heavy (non-hydrogen) atoms. The number of rotatable bonds is 5. The number of nitrogens with zero attached hydrogens (tertiary/aromatic N) is 2. The fraction of sp³-hybridized carbons (Fsp3) is 0.615. The summed E-state index contributed by atoms with van der Waals surface area (Å²) in [4.78, 5) is 5.71. The minimum atomic E-state index is 0.279. The number of hydrogen-bond acceptors (Lipinski definition) is 4. The van der Waals surface area contributed by atoms with Gasteiger partial charge in [-0.1, -0.05) is 0 Å². The molecule has 5 heteroatoms. The Balaban J connectivity index is 2.12. The summed E-state index contributed by atoms with van der Waals surface area (Å²) in [5, 5.41) is 5.72. The van der Waals surface area contributed by atoms with Crippen molar-refractivity contribution in [2.24, 2.45) is 0 Å². The predicted molar refractivity (Wildman–Crippen MR) is 81.8 cm³/mol.